The molecule has 0 unspecified atom stereocenters. The Morgan fingerprint density at radius 1 is 0.909 bits per heavy atom. The number of benzene rings is 2. The first-order valence-electron chi connectivity index (χ1n) is 11.2. The van der Waals surface area contributed by atoms with Crippen LogP contribution in [0.2, 0.25) is 0 Å². The van der Waals surface area contributed by atoms with Crippen molar-refractivity contribution in [2.45, 2.75) is 11.4 Å². The highest BCUT2D eigenvalue weighted by Gasteiger charge is 2.18. The molecule has 0 amide bonds. The van der Waals surface area contributed by atoms with Crippen molar-refractivity contribution < 1.29 is 0 Å². The molecule has 6 heteroatoms. The number of pyridine rings is 2. The molecule has 166 valence electrons. The summed E-state index contributed by atoms with van der Waals surface area (Å²) in [5, 5.41) is 1.15. The number of aromatic nitrogens is 2. The van der Waals surface area contributed by atoms with Crippen LogP contribution in [0.25, 0.3) is 16.6 Å². The minimum atomic E-state index is 0.957. The molecule has 1 fully saturated rings. The van der Waals surface area contributed by atoms with Gasteiger partial charge in [-0.2, -0.15) is 0 Å². The van der Waals surface area contributed by atoms with E-state index in [-0.39, 0.29) is 0 Å². The normalized spacial score (nSPS) is 14.4. The number of nitrogens with zero attached hydrogens (tertiary/aromatic N) is 4. The first kappa shape index (κ1) is 21.5. The van der Waals surface area contributed by atoms with Gasteiger partial charge in [-0.3, -0.25) is 14.9 Å². The van der Waals surface area contributed by atoms with Crippen LogP contribution in [0.3, 0.4) is 0 Å². The maximum absolute atomic E-state index is 4.53. The van der Waals surface area contributed by atoms with Gasteiger partial charge in [0.2, 0.25) is 0 Å². The second-order valence-electron chi connectivity index (χ2n) is 8.18. The Bertz CT molecular complexity index is 1210. The van der Waals surface area contributed by atoms with Gasteiger partial charge >= 0.3 is 0 Å². The third kappa shape index (κ3) is 5.18. The van der Waals surface area contributed by atoms with E-state index in [1.54, 1.807) is 11.9 Å². The minimum absolute atomic E-state index is 0.957. The van der Waals surface area contributed by atoms with E-state index in [4.69, 9.17) is 0 Å². The van der Waals surface area contributed by atoms with Gasteiger partial charge < -0.3 is 9.62 Å². The van der Waals surface area contributed by atoms with Crippen molar-refractivity contribution in [1.29, 1.82) is 0 Å². The molecule has 4 aromatic rings. The lowest BCUT2D eigenvalue weighted by Gasteiger charge is -2.37. The molecule has 0 saturated carbocycles. The fourth-order valence-electron chi connectivity index (χ4n) is 4.11. The van der Waals surface area contributed by atoms with Crippen LogP contribution >= 0.6 is 11.9 Å². The molecule has 1 N–H and O–H groups in total. The highest BCUT2D eigenvalue weighted by atomic mass is 32.2. The molecule has 33 heavy (non-hydrogen) atoms. The second-order valence-corrected chi connectivity index (χ2v) is 9.03. The standard InChI is InChI=1S/C27H27N5S/c1-21(32-17-15-31(16-18-32)20-22-5-3-13-28-19-22)23-9-11-25(12-10-23)30-33-26-8-2-6-24-7-4-14-29-27(24)26/h2-14,19,30H,1,15-18,20H2. The Morgan fingerprint density at radius 2 is 1.70 bits per heavy atom. The van der Waals surface area contributed by atoms with Crippen molar-refractivity contribution in [3.05, 3.63) is 103 Å². The third-order valence-electron chi connectivity index (χ3n) is 5.98. The largest absolute Gasteiger partial charge is 0.369 e. The minimum Gasteiger partial charge on any atom is -0.369 e. The molecule has 0 bridgehead atoms. The SMILES string of the molecule is C=C(c1ccc(NSc2cccc3cccnc23)cc1)N1CCN(Cc2cccnc2)CC1. The summed E-state index contributed by atoms with van der Waals surface area (Å²) >= 11 is 1.59. The summed E-state index contributed by atoms with van der Waals surface area (Å²) in [5.41, 5.74) is 5.60. The van der Waals surface area contributed by atoms with Gasteiger partial charge in [-0.25, -0.2) is 0 Å². The van der Waals surface area contributed by atoms with Gasteiger partial charge in [0.1, 0.15) is 0 Å². The van der Waals surface area contributed by atoms with E-state index in [0.29, 0.717) is 0 Å². The van der Waals surface area contributed by atoms with Gasteiger partial charge in [-0.15, -0.1) is 0 Å². The van der Waals surface area contributed by atoms with Crippen molar-refractivity contribution in [3.63, 3.8) is 0 Å². The fraction of sp³-hybridized carbons (Fsp3) is 0.185. The number of anilines is 1. The first-order chi connectivity index (χ1) is 16.3. The number of hydrogen-bond donors (Lipinski definition) is 1. The number of nitrogens with one attached hydrogen (secondary N) is 1. The van der Waals surface area contributed by atoms with Crippen LogP contribution < -0.4 is 4.72 Å². The van der Waals surface area contributed by atoms with Crippen LogP contribution in [0.4, 0.5) is 5.69 Å². The Labute approximate surface area is 199 Å². The monoisotopic (exact) mass is 453 g/mol. The van der Waals surface area contributed by atoms with Crippen LogP contribution in [-0.4, -0.2) is 45.9 Å². The summed E-state index contributed by atoms with van der Waals surface area (Å²) in [6.45, 7) is 9.38. The average molecular weight is 454 g/mol. The second kappa shape index (κ2) is 10.1. The predicted octanol–water partition coefficient (Wildman–Crippen LogP) is 5.54. The van der Waals surface area contributed by atoms with Crippen molar-refractivity contribution in [3.8, 4) is 0 Å². The van der Waals surface area contributed by atoms with Crippen molar-refractivity contribution in [1.82, 2.24) is 19.8 Å². The average Bonchev–Trinajstić information content (AvgIpc) is 2.88. The molecule has 2 aromatic heterocycles. The van der Waals surface area contributed by atoms with E-state index in [2.05, 4.69) is 85.7 Å². The summed E-state index contributed by atoms with van der Waals surface area (Å²) in [6, 6.07) is 23.0. The molecule has 0 spiro atoms. The quantitative estimate of drug-likeness (QED) is 0.371. The van der Waals surface area contributed by atoms with Gasteiger partial charge in [-0.1, -0.05) is 43.0 Å². The van der Waals surface area contributed by atoms with Gasteiger partial charge in [0.15, 0.2) is 0 Å². The zero-order valence-corrected chi connectivity index (χ0v) is 19.3. The van der Waals surface area contributed by atoms with Gasteiger partial charge in [0.05, 0.1) is 10.4 Å². The summed E-state index contributed by atoms with van der Waals surface area (Å²) in [6.07, 6.45) is 5.62. The fourth-order valence-corrected chi connectivity index (χ4v) is 4.89. The van der Waals surface area contributed by atoms with Crippen molar-refractivity contribution in [2.24, 2.45) is 0 Å². The number of hydrogen-bond acceptors (Lipinski definition) is 6. The topological polar surface area (TPSA) is 44.3 Å². The summed E-state index contributed by atoms with van der Waals surface area (Å²) in [5.74, 6) is 0. The van der Waals surface area contributed by atoms with Crippen molar-refractivity contribution >= 4 is 34.2 Å². The molecule has 1 aliphatic rings. The summed E-state index contributed by atoms with van der Waals surface area (Å²) < 4.78 is 3.45. The van der Waals surface area contributed by atoms with Gasteiger partial charge in [0, 0.05) is 68.1 Å². The smallest absolute Gasteiger partial charge is 0.0855 e. The molecule has 0 aliphatic carbocycles. The number of piperazine rings is 1. The maximum Gasteiger partial charge on any atom is 0.0855 e. The Kier molecular flexibility index (Phi) is 6.56. The molecular weight excluding hydrogens is 426 g/mol. The lowest BCUT2D eigenvalue weighted by atomic mass is 10.1. The third-order valence-corrected chi connectivity index (χ3v) is 6.86. The lowest BCUT2D eigenvalue weighted by Crippen LogP contribution is -2.44. The molecule has 5 nitrogen and oxygen atoms in total. The van der Waals surface area contributed by atoms with Crippen LogP contribution in [0.15, 0.2) is 96.8 Å². The van der Waals surface area contributed by atoms with Crippen LogP contribution in [-0.2, 0) is 6.54 Å². The molecule has 1 saturated heterocycles. The first-order valence-corrected chi connectivity index (χ1v) is 12.0. The molecule has 0 atom stereocenters. The van der Waals surface area contributed by atoms with Gasteiger partial charge in [-0.05, 0) is 53.4 Å². The summed E-state index contributed by atoms with van der Waals surface area (Å²) in [7, 11) is 0. The van der Waals surface area contributed by atoms with Crippen LogP contribution in [0.1, 0.15) is 11.1 Å². The van der Waals surface area contributed by atoms with E-state index >= 15 is 0 Å². The van der Waals surface area contributed by atoms with Crippen LogP contribution in [0, 0.1) is 0 Å². The molecule has 2 aromatic carbocycles. The zero-order chi connectivity index (χ0) is 22.5. The molecule has 1 aliphatic heterocycles. The zero-order valence-electron chi connectivity index (χ0n) is 18.5. The summed E-state index contributed by atoms with van der Waals surface area (Å²) in [4.78, 5) is 14.7. The Morgan fingerprint density at radius 3 is 2.48 bits per heavy atom. The molecule has 5 rings (SSSR count). The Hall–Kier alpha value is -3.35. The van der Waals surface area contributed by atoms with E-state index < -0.39 is 0 Å². The number of para-hydroxylation sites is 1. The van der Waals surface area contributed by atoms with E-state index in [1.807, 2.05) is 30.7 Å². The van der Waals surface area contributed by atoms with Gasteiger partial charge in [0.25, 0.3) is 0 Å². The Balaban J connectivity index is 1.15. The van der Waals surface area contributed by atoms with E-state index in [0.717, 1.165) is 65.5 Å². The molecule has 3 heterocycles. The van der Waals surface area contributed by atoms with E-state index in [1.165, 1.54) is 5.56 Å². The highest BCUT2D eigenvalue weighted by molar-refractivity contribution is 8.00. The number of rotatable bonds is 7. The molecular formula is C27H27N5S. The van der Waals surface area contributed by atoms with E-state index in [9.17, 15) is 0 Å². The predicted molar refractivity (Wildman–Crippen MR) is 138 cm³/mol. The van der Waals surface area contributed by atoms with Crippen LogP contribution in [0.5, 0.6) is 0 Å². The maximum atomic E-state index is 4.53. The highest BCUT2D eigenvalue weighted by Crippen LogP contribution is 2.28. The van der Waals surface area contributed by atoms with Crippen molar-refractivity contribution in [2.75, 3.05) is 30.9 Å². The molecule has 0 radical (unpaired) electrons. The lowest BCUT2D eigenvalue weighted by molar-refractivity contribution is 0.169. The number of fused-ring (bicyclic) bond motifs is 1.